The molecule has 166 valence electrons. The van der Waals surface area contributed by atoms with E-state index in [1.54, 1.807) is 14.2 Å². The first-order chi connectivity index (χ1) is 14.7. The van der Waals surface area contributed by atoms with Gasteiger partial charge < -0.3 is 25.0 Å². The fraction of sp³-hybridized carbons (Fsp3) is 0.318. The van der Waals surface area contributed by atoms with Gasteiger partial charge in [-0.3, -0.25) is 4.99 Å². The monoisotopic (exact) mass is 537 g/mol. The van der Waals surface area contributed by atoms with Crippen LogP contribution in [-0.4, -0.2) is 36.9 Å². The first-order valence-corrected chi connectivity index (χ1v) is 9.86. The first-order valence-electron chi connectivity index (χ1n) is 9.86. The molecule has 0 aliphatic rings. The molecule has 9 heteroatoms. The van der Waals surface area contributed by atoms with Crippen molar-refractivity contribution in [3.05, 3.63) is 54.4 Å². The number of nitrogens with one attached hydrogen (secondary N) is 1. The van der Waals surface area contributed by atoms with Crippen LogP contribution in [0.25, 0.3) is 11.4 Å². The number of methoxy groups -OCH3 is 2. The Morgan fingerprint density at radius 2 is 1.81 bits per heavy atom. The predicted molar refractivity (Wildman–Crippen MR) is 132 cm³/mol. The molecule has 0 bridgehead atoms. The van der Waals surface area contributed by atoms with Crippen LogP contribution in [-0.2, 0) is 6.42 Å². The summed E-state index contributed by atoms with van der Waals surface area (Å²) in [5.74, 6) is 3.19. The number of aliphatic imine (C=N–C) groups is 1. The number of rotatable bonds is 10. The molecule has 3 N–H and O–H groups in total. The summed E-state index contributed by atoms with van der Waals surface area (Å²) in [6.07, 6.45) is 3.61. The minimum atomic E-state index is 0. The lowest BCUT2D eigenvalue weighted by molar-refractivity contribution is 0.374. The van der Waals surface area contributed by atoms with E-state index in [-0.39, 0.29) is 24.0 Å². The summed E-state index contributed by atoms with van der Waals surface area (Å²) >= 11 is 0. The molecule has 0 saturated carbocycles. The summed E-state index contributed by atoms with van der Waals surface area (Å²) in [5, 5.41) is 7.12. The van der Waals surface area contributed by atoms with Gasteiger partial charge in [0, 0.05) is 30.3 Å². The number of nitrogens with two attached hydrogens (primary N) is 1. The number of unbranched alkanes of at least 4 members (excludes halogenated alkanes) is 2. The van der Waals surface area contributed by atoms with Gasteiger partial charge in [-0.2, -0.15) is 4.98 Å². The quantitative estimate of drug-likeness (QED) is 0.170. The standard InChI is InChI=1S/C22H27N5O3.HI/c1-28-18-12-10-16(11-13-18)21-26-20(30-27-21)9-4-3-5-14-24-22(23)25-17-7-6-8-19(15-17)29-2;/h6-8,10-13,15H,3-5,9,14H2,1-2H3,(H3,23,24,25);1H. The second-order valence-electron chi connectivity index (χ2n) is 6.67. The highest BCUT2D eigenvalue weighted by molar-refractivity contribution is 14.0. The molecule has 0 saturated heterocycles. The molecule has 0 spiro atoms. The fourth-order valence-electron chi connectivity index (χ4n) is 2.87. The molecular formula is C22H28IN5O3. The molecule has 31 heavy (non-hydrogen) atoms. The summed E-state index contributed by atoms with van der Waals surface area (Å²) in [7, 11) is 3.27. The van der Waals surface area contributed by atoms with E-state index < -0.39 is 0 Å². The van der Waals surface area contributed by atoms with Crippen LogP contribution in [0.3, 0.4) is 0 Å². The number of guanidine groups is 1. The van der Waals surface area contributed by atoms with E-state index in [9.17, 15) is 0 Å². The van der Waals surface area contributed by atoms with Crippen molar-refractivity contribution in [2.45, 2.75) is 25.7 Å². The topological polar surface area (TPSA) is 108 Å². The number of halogens is 1. The van der Waals surface area contributed by atoms with Gasteiger partial charge in [0.15, 0.2) is 5.96 Å². The van der Waals surface area contributed by atoms with E-state index in [2.05, 4.69) is 20.4 Å². The molecule has 0 aliphatic heterocycles. The Morgan fingerprint density at radius 1 is 1.03 bits per heavy atom. The number of aromatic nitrogens is 2. The van der Waals surface area contributed by atoms with Crippen molar-refractivity contribution >= 4 is 35.6 Å². The number of hydrogen-bond donors (Lipinski definition) is 2. The van der Waals surface area contributed by atoms with Crippen LogP contribution < -0.4 is 20.5 Å². The molecular weight excluding hydrogens is 509 g/mol. The highest BCUT2D eigenvalue weighted by Gasteiger charge is 2.08. The van der Waals surface area contributed by atoms with E-state index in [0.29, 0.717) is 24.2 Å². The minimum Gasteiger partial charge on any atom is -0.497 e. The number of hydrogen-bond acceptors (Lipinski definition) is 6. The molecule has 0 amide bonds. The van der Waals surface area contributed by atoms with Crippen molar-refractivity contribution in [3.8, 4) is 22.9 Å². The van der Waals surface area contributed by atoms with Gasteiger partial charge in [-0.1, -0.05) is 17.6 Å². The average Bonchev–Trinajstić information content (AvgIpc) is 3.25. The minimum absolute atomic E-state index is 0. The highest BCUT2D eigenvalue weighted by Crippen LogP contribution is 2.20. The summed E-state index contributed by atoms with van der Waals surface area (Å²) in [4.78, 5) is 8.81. The predicted octanol–water partition coefficient (Wildman–Crippen LogP) is 4.51. The largest absolute Gasteiger partial charge is 0.497 e. The van der Waals surface area contributed by atoms with Crippen molar-refractivity contribution in [3.63, 3.8) is 0 Å². The van der Waals surface area contributed by atoms with E-state index in [1.165, 1.54) is 0 Å². The number of nitrogens with zero attached hydrogens (tertiary/aromatic N) is 3. The van der Waals surface area contributed by atoms with Crippen LogP contribution in [0.4, 0.5) is 5.69 Å². The van der Waals surface area contributed by atoms with Crippen LogP contribution in [0.15, 0.2) is 58.0 Å². The zero-order valence-corrected chi connectivity index (χ0v) is 20.0. The Bertz CT molecular complexity index is 960. The Labute approximate surface area is 199 Å². The highest BCUT2D eigenvalue weighted by atomic mass is 127. The van der Waals surface area contributed by atoms with E-state index in [0.717, 1.165) is 48.4 Å². The number of aryl methyl sites for hydroxylation is 1. The summed E-state index contributed by atoms with van der Waals surface area (Å²) in [5.41, 5.74) is 7.69. The van der Waals surface area contributed by atoms with Gasteiger partial charge in [0.1, 0.15) is 11.5 Å². The molecule has 0 aliphatic carbocycles. The van der Waals surface area contributed by atoms with Gasteiger partial charge in [0.25, 0.3) is 0 Å². The maximum absolute atomic E-state index is 5.94. The van der Waals surface area contributed by atoms with E-state index in [1.807, 2.05) is 48.5 Å². The van der Waals surface area contributed by atoms with Crippen molar-refractivity contribution in [1.82, 2.24) is 10.1 Å². The Hall–Kier alpha value is -2.82. The third-order valence-corrected chi connectivity index (χ3v) is 4.49. The van der Waals surface area contributed by atoms with Crippen LogP contribution in [0.1, 0.15) is 25.2 Å². The summed E-state index contributed by atoms with van der Waals surface area (Å²) in [6.45, 7) is 0.656. The first kappa shape index (κ1) is 24.4. The second-order valence-corrected chi connectivity index (χ2v) is 6.67. The molecule has 2 aromatic carbocycles. The SMILES string of the molecule is COc1ccc(-c2noc(CCCCCN=C(N)Nc3cccc(OC)c3)n2)cc1.I. The lowest BCUT2D eigenvalue weighted by atomic mass is 10.2. The van der Waals surface area contributed by atoms with Crippen molar-refractivity contribution in [1.29, 1.82) is 0 Å². The zero-order valence-electron chi connectivity index (χ0n) is 17.7. The van der Waals surface area contributed by atoms with Gasteiger partial charge in [0.2, 0.25) is 11.7 Å². The average molecular weight is 537 g/mol. The van der Waals surface area contributed by atoms with Crippen LogP contribution in [0, 0.1) is 0 Å². The van der Waals surface area contributed by atoms with Crippen LogP contribution >= 0.6 is 24.0 Å². The maximum Gasteiger partial charge on any atom is 0.226 e. The normalized spacial score (nSPS) is 11.0. The number of anilines is 1. The van der Waals surface area contributed by atoms with Gasteiger partial charge in [-0.15, -0.1) is 24.0 Å². The van der Waals surface area contributed by atoms with Crippen molar-refractivity contribution < 1.29 is 14.0 Å². The summed E-state index contributed by atoms with van der Waals surface area (Å²) < 4.78 is 15.7. The molecule has 8 nitrogen and oxygen atoms in total. The number of benzene rings is 2. The third-order valence-electron chi connectivity index (χ3n) is 4.49. The second kappa shape index (κ2) is 12.8. The van der Waals surface area contributed by atoms with Gasteiger partial charge in [0.05, 0.1) is 14.2 Å². The molecule has 0 radical (unpaired) electrons. The lowest BCUT2D eigenvalue weighted by Gasteiger charge is -2.07. The van der Waals surface area contributed by atoms with Gasteiger partial charge in [-0.05, 0) is 49.2 Å². The molecule has 1 aromatic heterocycles. The van der Waals surface area contributed by atoms with Crippen LogP contribution in [0.2, 0.25) is 0 Å². The Morgan fingerprint density at radius 3 is 2.55 bits per heavy atom. The lowest BCUT2D eigenvalue weighted by Crippen LogP contribution is -2.22. The molecule has 0 atom stereocenters. The van der Waals surface area contributed by atoms with E-state index in [4.69, 9.17) is 19.7 Å². The Kier molecular flexibility index (Phi) is 10.1. The molecule has 0 unspecified atom stereocenters. The molecule has 3 rings (SSSR count). The van der Waals surface area contributed by atoms with Crippen LogP contribution in [0.5, 0.6) is 11.5 Å². The summed E-state index contributed by atoms with van der Waals surface area (Å²) in [6, 6.07) is 15.1. The molecule has 1 heterocycles. The Balaban J connectivity index is 0.00000341. The maximum atomic E-state index is 5.94. The van der Waals surface area contributed by atoms with Crippen molar-refractivity contribution in [2.24, 2.45) is 10.7 Å². The fourth-order valence-corrected chi connectivity index (χ4v) is 2.87. The molecule has 0 fully saturated rings. The van der Waals surface area contributed by atoms with Crippen molar-refractivity contribution in [2.75, 3.05) is 26.1 Å². The molecule has 3 aromatic rings. The number of ether oxygens (including phenoxy) is 2. The third kappa shape index (κ3) is 7.74. The van der Waals surface area contributed by atoms with Gasteiger partial charge in [-0.25, -0.2) is 0 Å². The van der Waals surface area contributed by atoms with Gasteiger partial charge >= 0.3 is 0 Å². The smallest absolute Gasteiger partial charge is 0.226 e. The zero-order chi connectivity index (χ0) is 21.2. The van der Waals surface area contributed by atoms with E-state index >= 15 is 0 Å².